The molecule has 0 aliphatic heterocycles. The maximum absolute atomic E-state index is 12.2. The maximum atomic E-state index is 12.2. The quantitative estimate of drug-likeness (QED) is 0.0289. The zero-order valence-electron chi connectivity index (χ0n) is 36.1. The van der Waals surface area contributed by atoms with Crippen LogP contribution in [0.15, 0.2) is 83.7 Å². The Labute approximate surface area is 518 Å². The molecule has 69 heavy (non-hydrogen) atoms. The van der Waals surface area contributed by atoms with Crippen molar-refractivity contribution in [3.63, 3.8) is 0 Å². The van der Waals surface area contributed by atoms with E-state index in [4.69, 9.17) is 47.7 Å². The van der Waals surface area contributed by atoms with Crippen LogP contribution in [0.5, 0.6) is 11.5 Å². The normalized spacial score (nSPS) is 11.3. The molecule has 0 unspecified atom stereocenters. The molecular weight excluding hydrogens is 1180 g/mol. The number of hydrogen-bond donors (Lipinski definition) is 5. The number of benzene rings is 4. The Bertz CT molecular complexity index is 3210. The summed E-state index contributed by atoms with van der Waals surface area (Å²) >= 11 is 0. The van der Waals surface area contributed by atoms with E-state index >= 15 is 0 Å². The standard InChI is InChI=1S/C28H26N5O12S4.Cu.5Na.2H2O4S.O3S/c1-4-46(36,37)17-6-9-20(26(13-17)49(43,44)45)30-33-27-18-7-11-22(28(35)19(18)8-10-21(27)29-15-48(40,41)42)31-32-23-12-16(3)25(14-24(23)34)47(38,39)5-2;;;;;;;2*1-5(2,3)4;1-4(2)3/h6-10,12-14,29,34-35H,1-2,4-5,15H2,3H3,(H,40,41,42)(H,43,44,45);;;;;;;2*(H2,1,2,3,4);/q-3;;5*+1;;;/p-4. The van der Waals surface area contributed by atoms with Crippen LogP contribution in [0.4, 0.5) is 28.4 Å². The zero-order chi connectivity index (χ0) is 49.1. The third-order valence-electron chi connectivity index (χ3n) is 6.71. The van der Waals surface area contributed by atoms with Crippen molar-refractivity contribution in [2.45, 2.75) is 21.6 Å². The molecule has 28 nitrogen and oxygen atoms in total. The molecule has 41 heteroatoms. The van der Waals surface area contributed by atoms with Crippen LogP contribution in [0.1, 0.15) is 5.56 Å². The van der Waals surface area contributed by atoms with E-state index in [0.717, 1.165) is 18.2 Å². The molecule has 1 radical (unpaired) electrons. The number of anilines is 1. The fourth-order valence-electron chi connectivity index (χ4n) is 4.27. The summed E-state index contributed by atoms with van der Waals surface area (Å²) in [5, 5.41) is 39.2. The predicted octanol–water partition coefficient (Wildman–Crippen LogP) is -13.8. The first-order valence-electron chi connectivity index (χ1n) is 15.2. The second kappa shape index (κ2) is 34.1. The molecule has 0 aliphatic carbocycles. The Balaban J connectivity index is -0.000000436. The van der Waals surface area contributed by atoms with Gasteiger partial charge in [-0.3, -0.25) is 9.11 Å². The number of sulfone groups is 2. The Morgan fingerprint density at radius 2 is 1.12 bits per heavy atom. The van der Waals surface area contributed by atoms with Crippen LogP contribution in [0.2, 0.25) is 0 Å². The molecule has 0 spiro atoms. The van der Waals surface area contributed by atoms with Crippen molar-refractivity contribution in [2.24, 2.45) is 20.5 Å². The average molecular weight is 1200 g/mol. The second-order valence-corrected chi connectivity index (χ2v) is 20.1. The van der Waals surface area contributed by atoms with Crippen molar-refractivity contribution in [1.29, 1.82) is 0 Å². The van der Waals surface area contributed by atoms with Gasteiger partial charge in [-0.15, -0.1) is 17.7 Å². The van der Waals surface area contributed by atoms with Crippen LogP contribution in [0.25, 0.3) is 10.8 Å². The number of rotatable bonds is 12. The van der Waals surface area contributed by atoms with Crippen LogP contribution in [-0.4, -0.2) is 118 Å². The molecule has 5 N–H and O–H groups in total. The van der Waals surface area contributed by atoms with Crippen molar-refractivity contribution >= 4 is 111 Å². The summed E-state index contributed by atoms with van der Waals surface area (Å²) in [6, 6.07) is 11.0. The molecule has 0 fully saturated rings. The minimum absolute atomic E-state index is 0. The maximum Gasteiger partial charge on any atom is 1.00 e. The monoisotopic (exact) mass is 1200 g/mol. The number of nitrogens with zero attached hydrogens (tertiary/aromatic N) is 4. The van der Waals surface area contributed by atoms with E-state index in [1.54, 1.807) is 0 Å². The molecule has 0 saturated heterocycles. The summed E-state index contributed by atoms with van der Waals surface area (Å²) in [5.41, 5.74) is -1.23. The van der Waals surface area contributed by atoms with Crippen molar-refractivity contribution in [1.82, 2.24) is 0 Å². The van der Waals surface area contributed by atoms with E-state index in [2.05, 4.69) is 45.7 Å². The number of azo groups is 2. The van der Waals surface area contributed by atoms with Gasteiger partial charge in [0, 0.05) is 34.6 Å². The molecule has 361 valence electrons. The van der Waals surface area contributed by atoms with Crippen LogP contribution in [0, 0.1) is 26.8 Å². The summed E-state index contributed by atoms with van der Waals surface area (Å²) in [4.78, 5) is -1.72. The van der Waals surface area contributed by atoms with Crippen molar-refractivity contribution < 1.29 is 266 Å². The van der Waals surface area contributed by atoms with E-state index in [1.165, 1.54) is 31.2 Å². The number of phenols is 2. The Morgan fingerprint density at radius 3 is 1.55 bits per heavy atom. The molecule has 0 aliphatic rings. The fourth-order valence-corrected chi connectivity index (χ4v) is 7.19. The van der Waals surface area contributed by atoms with Crippen molar-refractivity contribution in [2.75, 3.05) is 22.7 Å². The van der Waals surface area contributed by atoms with Gasteiger partial charge in [-0.1, -0.05) is 28.3 Å². The van der Waals surface area contributed by atoms with Crippen molar-refractivity contribution in [3.05, 3.63) is 74.0 Å². The summed E-state index contributed by atoms with van der Waals surface area (Å²) in [5.74, 6) is -3.33. The van der Waals surface area contributed by atoms with Crippen LogP contribution in [-0.2, 0) is 88.4 Å². The SMILES string of the molecule is O=S(=O)([O-])O.O=S(=O)([O-])O.O=S(=O)=O.[CH2-]CS(=O)(=O)c1ccc(N=Nc2c(NCS(=O)(=O)[O-])ccc3c(O)c(N=Nc4cc(C)c(S(=O)(=O)C[CH2-])cc4O)[c-]cc23)c(S(=O)(=O)[O-])c1.[Cu].[Na+].[Na+].[Na+].[Na+].[Na+]. The van der Waals surface area contributed by atoms with Crippen molar-refractivity contribution in [3.8, 4) is 11.5 Å². The molecule has 0 saturated carbocycles. The van der Waals surface area contributed by atoms with Gasteiger partial charge in [0.1, 0.15) is 43.2 Å². The minimum atomic E-state index is -5.31. The summed E-state index contributed by atoms with van der Waals surface area (Å²) in [7, 11) is -30.9. The average Bonchev–Trinajstić information content (AvgIpc) is 3.11. The second-order valence-electron chi connectivity index (χ2n) is 11.1. The molecule has 0 aromatic heterocycles. The van der Waals surface area contributed by atoms with Gasteiger partial charge < -0.3 is 47.6 Å². The third-order valence-corrected chi connectivity index (χ3v) is 11.2. The molecule has 4 aromatic carbocycles. The molecule has 4 aromatic rings. The molecular formula is C28H26CuN5Na5O23S7-2. The Kier molecular flexibility index (Phi) is 39.9. The van der Waals surface area contributed by atoms with Gasteiger partial charge in [0.15, 0.2) is 19.7 Å². The number of phenolic OH excluding ortho intramolecular Hbond substituents is 2. The molecule has 0 heterocycles. The Hall–Kier alpha value is 0.339. The van der Waals surface area contributed by atoms with E-state index in [9.17, 15) is 53.0 Å². The third kappa shape index (κ3) is 30.5. The number of aromatic hydroxyl groups is 2. The van der Waals surface area contributed by atoms with Gasteiger partial charge in [0.2, 0.25) is 20.8 Å². The molecule has 0 amide bonds. The van der Waals surface area contributed by atoms with Gasteiger partial charge in [-0.25, -0.2) is 50.5 Å². The first kappa shape index (κ1) is 80.7. The first-order valence-corrected chi connectivity index (χ1v) is 25.3. The minimum Gasteiger partial charge on any atom is -0.747 e. The van der Waals surface area contributed by atoms with Gasteiger partial charge in [-0.2, -0.15) is 27.5 Å². The predicted molar refractivity (Wildman–Crippen MR) is 207 cm³/mol. The van der Waals surface area contributed by atoms with Gasteiger partial charge in [-0.05, 0) is 42.8 Å². The van der Waals surface area contributed by atoms with E-state index in [0.29, 0.717) is 6.07 Å². The van der Waals surface area contributed by atoms with Gasteiger partial charge in [0.05, 0.1) is 26.1 Å². The summed E-state index contributed by atoms with van der Waals surface area (Å²) in [6.45, 7) is 8.09. The number of fused-ring (bicyclic) bond motifs is 1. The molecule has 0 atom stereocenters. The van der Waals surface area contributed by atoms with E-state index in [-0.39, 0.29) is 209 Å². The summed E-state index contributed by atoms with van der Waals surface area (Å²) < 4.78 is 210. The van der Waals surface area contributed by atoms with Gasteiger partial charge >= 0.3 is 158 Å². The van der Waals surface area contributed by atoms with E-state index < -0.39 is 116 Å². The smallest absolute Gasteiger partial charge is 0.747 e. The molecule has 0 bridgehead atoms. The number of nitrogens with one attached hydrogen (secondary N) is 1. The van der Waals surface area contributed by atoms with Crippen LogP contribution < -0.4 is 153 Å². The van der Waals surface area contributed by atoms with Crippen LogP contribution in [0.3, 0.4) is 0 Å². The number of aryl methyl sites for hydroxylation is 1. The zero-order valence-corrected chi connectivity index (χ0v) is 52.8. The van der Waals surface area contributed by atoms with Gasteiger partial charge in [0.25, 0.3) is 0 Å². The topological polar surface area (TPSA) is 491 Å². The first-order chi connectivity index (χ1) is 28.4. The summed E-state index contributed by atoms with van der Waals surface area (Å²) in [6.07, 6.45) is 0. The molecule has 4 rings (SSSR count). The largest absolute Gasteiger partial charge is 1.00 e. The number of hydrogen-bond acceptors (Lipinski definition) is 26. The van der Waals surface area contributed by atoms with Crippen LogP contribution >= 0.6 is 0 Å². The fraction of sp³-hybridized carbons (Fsp3) is 0.143. The Morgan fingerprint density at radius 1 is 0.652 bits per heavy atom. The van der Waals surface area contributed by atoms with E-state index in [1.807, 2.05) is 0 Å².